The highest BCUT2D eigenvalue weighted by molar-refractivity contribution is 9.09. The van der Waals surface area contributed by atoms with Gasteiger partial charge >= 0.3 is 0 Å². The van der Waals surface area contributed by atoms with E-state index in [0.717, 1.165) is 18.5 Å². The number of hydrogen-bond acceptors (Lipinski definition) is 2. The zero-order chi connectivity index (χ0) is 13.8. The second kappa shape index (κ2) is 6.42. The van der Waals surface area contributed by atoms with E-state index in [1.807, 2.05) is 6.92 Å². The summed E-state index contributed by atoms with van der Waals surface area (Å²) in [5, 5.41) is 12.6. The van der Waals surface area contributed by atoms with Crippen LogP contribution in [-0.4, -0.2) is 22.4 Å². The highest BCUT2D eigenvalue weighted by Gasteiger charge is 2.20. The SMILES string of the molecule is Cc1ccc(C(=O)NCC2CCCC(Br)C2)cc1O. The molecule has 1 saturated carbocycles. The van der Waals surface area contributed by atoms with Gasteiger partial charge in [0.25, 0.3) is 5.91 Å². The van der Waals surface area contributed by atoms with E-state index in [0.29, 0.717) is 16.3 Å². The van der Waals surface area contributed by atoms with Crippen molar-refractivity contribution in [3.63, 3.8) is 0 Å². The van der Waals surface area contributed by atoms with E-state index in [1.165, 1.54) is 25.3 Å². The Labute approximate surface area is 122 Å². The quantitative estimate of drug-likeness (QED) is 0.837. The van der Waals surface area contributed by atoms with Crippen LogP contribution in [0, 0.1) is 12.8 Å². The summed E-state index contributed by atoms with van der Waals surface area (Å²) >= 11 is 3.65. The summed E-state index contributed by atoms with van der Waals surface area (Å²) in [6.07, 6.45) is 4.76. The van der Waals surface area contributed by atoms with Gasteiger partial charge in [-0.2, -0.15) is 0 Å². The van der Waals surface area contributed by atoms with E-state index in [1.54, 1.807) is 12.1 Å². The number of nitrogens with one attached hydrogen (secondary N) is 1. The molecule has 1 fully saturated rings. The molecule has 0 bridgehead atoms. The van der Waals surface area contributed by atoms with Crippen LogP contribution < -0.4 is 5.32 Å². The minimum Gasteiger partial charge on any atom is -0.508 e. The van der Waals surface area contributed by atoms with Crippen LogP contribution in [0.3, 0.4) is 0 Å². The monoisotopic (exact) mass is 325 g/mol. The van der Waals surface area contributed by atoms with Gasteiger partial charge in [-0.25, -0.2) is 0 Å². The average molecular weight is 326 g/mol. The van der Waals surface area contributed by atoms with Gasteiger partial charge in [-0.1, -0.05) is 28.4 Å². The number of phenolic OH excluding ortho intramolecular Hbond substituents is 1. The van der Waals surface area contributed by atoms with Crippen LogP contribution in [0.4, 0.5) is 0 Å². The van der Waals surface area contributed by atoms with Crippen molar-refractivity contribution in [3.05, 3.63) is 29.3 Å². The molecule has 2 N–H and O–H groups in total. The molecule has 1 aromatic rings. The molecule has 104 valence electrons. The standard InChI is InChI=1S/C15H20BrNO2/c1-10-5-6-12(8-14(10)18)15(19)17-9-11-3-2-4-13(16)7-11/h5-6,8,11,13,18H,2-4,7,9H2,1H3,(H,17,19). The van der Waals surface area contributed by atoms with Crippen molar-refractivity contribution in [2.75, 3.05) is 6.54 Å². The third-order valence-electron chi connectivity index (χ3n) is 3.74. The van der Waals surface area contributed by atoms with E-state index in [-0.39, 0.29) is 11.7 Å². The predicted octanol–water partition coefficient (Wildman–Crippen LogP) is 3.38. The van der Waals surface area contributed by atoms with E-state index in [4.69, 9.17) is 0 Å². The topological polar surface area (TPSA) is 49.3 Å². The summed E-state index contributed by atoms with van der Waals surface area (Å²) < 4.78 is 0. The van der Waals surface area contributed by atoms with Crippen molar-refractivity contribution in [1.82, 2.24) is 5.32 Å². The van der Waals surface area contributed by atoms with Crippen LogP contribution in [0.2, 0.25) is 0 Å². The van der Waals surface area contributed by atoms with Crippen LogP contribution in [0.5, 0.6) is 5.75 Å². The first-order valence-electron chi connectivity index (χ1n) is 6.78. The van der Waals surface area contributed by atoms with Crippen molar-refractivity contribution in [3.8, 4) is 5.75 Å². The molecule has 2 rings (SSSR count). The summed E-state index contributed by atoms with van der Waals surface area (Å²) in [5.41, 5.74) is 1.31. The molecule has 0 aliphatic heterocycles. The highest BCUT2D eigenvalue weighted by Crippen LogP contribution is 2.28. The second-order valence-corrected chi connectivity index (χ2v) is 6.64. The first kappa shape index (κ1) is 14.4. The molecule has 1 aliphatic rings. The molecule has 0 radical (unpaired) electrons. The van der Waals surface area contributed by atoms with Crippen molar-refractivity contribution in [1.29, 1.82) is 0 Å². The summed E-state index contributed by atoms with van der Waals surface area (Å²) in [7, 11) is 0. The lowest BCUT2D eigenvalue weighted by atomic mass is 9.89. The van der Waals surface area contributed by atoms with E-state index in [2.05, 4.69) is 21.2 Å². The molecule has 4 heteroatoms. The highest BCUT2D eigenvalue weighted by atomic mass is 79.9. The molecule has 0 heterocycles. The Kier molecular flexibility index (Phi) is 4.86. The van der Waals surface area contributed by atoms with Gasteiger partial charge in [0.1, 0.15) is 5.75 Å². The molecule has 0 saturated heterocycles. The summed E-state index contributed by atoms with van der Waals surface area (Å²) in [5.74, 6) is 0.624. The fraction of sp³-hybridized carbons (Fsp3) is 0.533. The number of aryl methyl sites for hydroxylation is 1. The third kappa shape index (κ3) is 3.96. The number of benzene rings is 1. The van der Waals surface area contributed by atoms with Crippen molar-refractivity contribution in [2.45, 2.75) is 37.4 Å². The summed E-state index contributed by atoms with van der Waals surface area (Å²) in [4.78, 5) is 12.6. The fourth-order valence-electron chi connectivity index (χ4n) is 2.50. The number of hydrogen-bond donors (Lipinski definition) is 2. The minimum atomic E-state index is -0.105. The molecule has 2 atom stereocenters. The molecular formula is C15H20BrNO2. The van der Waals surface area contributed by atoms with Crippen molar-refractivity contribution in [2.24, 2.45) is 5.92 Å². The Bertz CT molecular complexity index is 461. The van der Waals surface area contributed by atoms with Crippen LogP contribution in [0.15, 0.2) is 18.2 Å². The number of aromatic hydroxyl groups is 1. The van der Waals surface area contributed by atoms with Gasteiger partial charge < -0.3 is 10.4 Å². The lowest BCUT2D eigenvalue weighted by Crippen LogP contribution is -2.31. The maximum absolute atomic E-state index is 12.0. The van der Waals surface area contributed by atoms with Gasteiger partial charge in [0.05, 0.1) is 0 Å². The van der Waals surface area contributed by atoms with Crippen LogP contribution in [0.25, 0.3) is 0 Å². The zero-order valence-corrected chi connectivity index (χ0v) is 12.7. The lowest BCUT2D eigenvalue weighted by molar-refractivity contribution is 0.0943. The van der Waals surface area contributed by atoms with Crippen LogP contribution in [-0.2, 0) is 0 Å². The van der Waals surface area contributed by atoms with Crippen molar-refractivity contribution < 1.29 is 9.90 Å². The average Bonchev–Trinajstić information content (AvgIpc) is 2.39. The Morgan fingerprint density at radius 1 is 1.47 bits per heavy atom. The first-order chi connectivity index (χ1) is 9.06. The van der Waals surface area contributed by atoms with Gasteiger partial charge in [0.2, 0.25) is 0 Å². The molecule has 3 nitrogen and oxygen atoms in total. The zero-order valence-electron chi connectivity index (χ0n) is 11.2. The van der Waals surface area contributed by atoms with Gasteiger partial charge in [0, 0.05) is 16.9 Å². The van der Waals surface area contributed by atoms with E-state index < -0.39 is 0 Å². The molecule has 1 aromatic carbocycles. The van der Waals surface area contributed by atoms with Gasteiger partial charge in [0.15, 0.2) is 0 Å². The minimum absolute atomic E-state index is 0.105. The molecule has 19 heavy (non-hydrogen) atoms. The maximum atomic E-state index is 12.0. The molecule has 1 aliphatic carbocycles. The number of phenols is 1. The largest absolute Gasteiger partial charge is 0.508 e. The maximum Gasteiger partial charge on any atom is 0.251 e. The second-order valence-electron chi connectivity index (χ2n) is 5.34. The number of alkyl halides is 1. The van der Waals surface area contributed by atoms with Gasteiger partial charge in [-0.15, -0.1) is 0 Å². The fourth-order valence-corrected chi connectivity index (χ4v) is 3.35. The Balaban J connectivity index is 1.88. The Morgan fingerprint density at radius 2 is 2.26 bits per heavy atom. The number of carbonyl (C=O) groups excluding carboxylic acids is 1. The van der Waals surface area contributed by atoms with E-state index >= 15 is 0 Å². The third-order valence-corrected chi connectivity index (χ3v) is 4.57. The smallest absolute Gasteiger partial charge is 0.251 e. The van der Waals surface area contributed by atoms with Crippen LogP contribution >= 0.6 is 15.9 Å². The summed E-state index contributed by atoms with van der Waals surface area (Å²) in [6, 6.07) is 5.04. The van der Waals surface area contributed by atoms with E-state index in [9.17, 15) is 9.90 Å². The number of halogens is 1. The molecular weight excluding hydrogens is 306 g/mol. The Hall–Kier alpha value is -1.03. The number of amides is 1. The lowest BCUT2D eigenvalue weighted by Gasteiger charge is -2.25. The van der Waals surface area contributed by atoms with Gasteiger partial charge in [-0.3, -0.25) is 4.79 Å². The molecule has 2 unspecified atom stereocenters. The number of rotatable bonds is 3. The van der Waals surface area contributed by atoms with Crippen LogP contribution in [0.1, 0.15) is 41.6 Å². The molecule has 0 aromatic heterocycles. The molecule has 1 amide bonds. The van der Waals surface area contributed by atoms with Gasteiger partial charge in [-0.05, 0) is 49.8 Å². The predicted molar refractivity (Wildman–Crippen MR) is 79.9 cm³/mol. The first-order valence-corrected chi connectivity index (χ1v) is 7.69. The summed E-state index contributed by atoms with van der Waals surface area (Å²) in [6.45, 7) is 2.53. The van der Waals surface area contributed by atoms with Crippen molar-refractivity contribution >= 4 is 21.8 Å². The normalized spacial score (nSPS) is 23.1. The number of carbonyl (C=O) groups is 1. The molecule has 0 spiro atoms. The Morgan fingerprint density at radius 3 is 2.95 bits per heavy atom.